The number of carboxylic acids is 1. The Bertz CT molecular complexity index is 675. The second-order valence-electron chi connectivity index (χ2n) is 4.88. The largest absolute Gasteiger partial charge is 0.488 e. The first-order valence-corrected chi connectivity index (χ1v) is 7.11. The van der Waals surface area contributed by atoms with Crippen molar-refractivity contribution in [2.75, 3.05) is 0 Å². The number of aliphatic hydroxyl groups is 1. The van der Waals surface area contributed by atoms with Crippen molar-refractivity contribution in [2.45, 2.75) is 26.1 Å². The molecule has 0 amide bonds. The van der Waals surface area contributed by atoms with Gasteiger partial charge in [0.1, 0.15) is 18.5 Å². The predicted molar refractivity (Wildman–Crippen MR) is 75.2 cm³/mol. The summed E-state index contributed by atoms with van der Waals surface area (Å²) in [5.74, 6) is -0.269. The molecule has 4 nitrogen and oxygen atoms in total. The lowest BCUT2D eigenvalue weighted by molar-refractivity contribution is -0.136. The molecule has 0 saturated heterocycles. The first-order valence-electron chi connectivity index (χ1n) is 6.29. The standard InChI is InChI=1S/C15H14O4S/c1-8-4-10-7-19-12-3-2-9(6-13(16)17)5-11(12)14(18)15(10)20-8/h2-5,14,18H,6-7H2,1H3,(H,16,17). The summed E-state index contributed by atoms with van der Waals surface area (Å²) in [6.07, 6.45) is -0.814. The van der Waals surface area contributed by atoms with Gasteiger partial charge in [-0.15, -0.1) is 11.3 Å². The van der Waals surface area contributed by atoms with Crippen LogP contribution in [0.25, 0.3) is 0 Å². The van der Waals surface area contributed by atoms with Crippen LogP contribution < -0.4 is 4.74 Å². The van der Waals surface area contributed by atoms with E-state index >= 15 is 0 Å². The summed E-state index contributed by atoms with van der Waals surface area (Å²) >= 11 is 1.55. The molecule has 0 spiro atoms. The number of aliphatic carboxylic acids is 1. The van der Waals surface area contributed by atoms with Crippen molar-refractivity contribution in [3.8, 4) is 5.75 Å². The van der Waals surface area contributed by atoms with Crippen molar-refractivity contribution >= 4 is 17.3 Å². The second kappa shape index (κ2) is 4.92. The molecule has 2 N–H and O–H groups in total. The van der Waals surface area contributed by atoms with Gasteiger partial charge in [0.25, 0.3) is 0 Å². The summed E-state index contributed by atoms with van der Waals surface area (Å²) in [4.78, 5) is 12.8. The Hall–Kier alpha value is -1.85. The second-order valence-corrected chi connectivity index (χ2v) is 6.17. The molecule has 0 saturated carbocycles. The number of rotatable bonds is 2. The summed E-state index contributed by atoms with van der Waals surface area (Å²) in [6.45, 7) is 2.43. The number of carboxylic acid groups (broad SMARTS) is 1. The molecule has 1 unspecified atom stereocenters. The van der Waals surface area contributed by atoms with Crippen LogP contribution in [0.15, 0.2) is 24.3 Å². The quantitative estimate of drug-likeness (QED) is 0.892. The number of aliphatic hydroxyl groups excluding tert-OH is 1. The van der Waals surface area contributed by atoms with Gasteiger partial charge in [0.2, 0.25) is 0 Å². The van der Waals surface area contributed by atoms with E-state index in [0.717, 1.165) is 15.3 Å². The van der Waals surface area contributed by atoms with Crippen molar-refractivity contribution in [1.82, 2.24) is 0 Å². The maximum Gasteiger partial charge on any atom is 0.307 e. The third kappa shape index (κ3) is 2.30. The van der Waals surface area contributed by atoms with Crippen molar-refractivity contribution in [2.24, 2.45) is 0 Å². The molecule has 2 heterocycles. The van der Waals surface area contributed by atoms with Gasteiger partial charge < -0.3 is 14.9 Å². The van der Waals surface area contributed by atoms with Crippen LogP contribution in [0.1, 0.15) is 32.5 Å². The van der Waals surface area contributed by atoms with E-state index < -0.39 is 12.1 Å². The number of benzene rings is 1. The minimum Gasteiger partial charge on any atom is -0.488 e. The topological polar surface area (TPSA) is 66.8 Å². The highest BCUT2D eigenvalue weighted by molar-refractivity contribution is 7.12. The summed E-state index contributed by atoms with van der Waals surface area (Å²) in [7, 11) is 0. The minimum atomic E-state index is -0.887. The number of fused-ring (bicyclic) bond motifs is 2. The third-order valence-electron chi connectivity index (χ3n) is 3.32. The van der Waals surface area contributed by atoms with E-state index in [1.165, 1.54) is 0 Å². The molecule has 0 aliphatic carbocycles. The monoisotopic (exact) mass is 290 g/mol. The van der Waals surface area contributed by atoms with Gasteiger partial charge in [-0.05, 0) is 30.7 Å². The zero-order chi connectivity index (χ0) is 14.3. The van der Waals surface area contributed by atoms with Crippen LogP contribution in [0.4, 0.5) is 0 Å². The minimum absolute atomic E-state index is 0.0592. The van der Waals surface area contributed by atoms with Crippen LogP contribution in [-0.2, 0) is 17.8 Å². The van der Waals surface area contributed by atoms with E-state index in [0.29, 0.717) is 23.5 Å². The molecule has 1 aliphatic heterocycles. The molecule has 1 aromatic carbocycles. The molecule has 3 rings (SSSR count). The number of carbonyl (C=O) groups is 1. The van der Waals surface area contributed by atoms with Crippen molar-refractivity contribution in [1.29, 1.82) is 0 Å². The Labute approximate surface area is 120 Å². The van der Waals surface area contributed by atoms with E-state index in [9.17, 15) is 9.90 Å². The predicted octanol–water partition coefficient (Wildman–Crippen LogP) is 2.66. The van der Waals surface area contributed by atoms with E-state index in [1.54, 1.807) is 29.5 Å². The fraction of sp³-hybridized carbons (Fsp3) is 0.267. The summed E-state index contributed by atoms with van der Waals surface area (Å²) in [5, 5.41) is 19.4. The van der Waals surface area contributed by atoms with Gasteiger partial charge in [-0.1, -0.05) is 6.07 Å². The molecule has 0 bridgehead atoms. The molecule has 20 heavy (non-hydrogen) atoms. The Kier molecular flexibility index (Phi) is 3.23. The van der Waals surface area contributed by atoms with Gasteiger partial charge in [0, 0.05) is 20.9 Å². The van der Waals surface area contributed by atoms with Gasteiger partial charge >= 0.3 is 5.97 Å². The molecule has 1 aliphatic rings. The zero-order valence-electron chi connectivity index (χ0n) is 10.9. The normalized spacial score (nSPS) is 16.8. The fourth-order valence-electron chi connectivity index (χ4n) is 2.45. The molecule has 1 aromatic heterocycles. The first kappa shape index (κ1) is 13.1. The van der Waals surface area contributed by atoms with Gasteiger partial charge in [0.15, 0.2) is 0 Å². The SMILES string of the molecule is Cc1cc2c(s1)C(O)c1cc(CC(=O)O)ccc1OC2. The smallest absolute Gasteiger partial charge is 0.307 e. The molecule has 2 aromatic rings. The summed E-state index contributed by atoms with van der Waals surface area (Å²) in [5.41, 5.74) is 2.30. The van der Waals surface area contributed by atoms with Crippen LogP contribution >= 0.6 is 11.3 Å². The Morgan fingerprint density at radius 1 is 1.45 bits per heavy atom. The molecule has 5 heteroatoms. The highest BCUT2D eigenvalue weighted by atomic mass is 32.1. The van der Waals surface area contributed by atoms with Crippen molar-refractivity contribution in [3.05, 3.63) is 50.7 Å². The average Bonchev–Trinajstić information content (AvgIpc) is 2.71. The summed E-state index contributed by atoms with van der Waals surface area (Å²) in [6, 6.07) is 7.20. The van der Waals surface area contributed by atoms with Crippen molar-refractivity contribution < 1.29 is 19.7 Å². The Balaban J connectivity index is 2.05. The molecule has 0 fully saturated rings. The van der Waals surface area contributed by atoms with E-state index in [-0.39, 0.29) is 6.42 Å². The van der Waals surface area contributed by atoms with Crippen LogP contribution in [0.3, 0.4) is 0 Å². The van der Waals surface area contributed by atoms with E-state index in [4.69, 9.17) is 9.84 Å². The summed E-state index contributed by atoms with van der Waals surface area (Å²) < 4.78 is 5.72. The average molecular weight is 290 g/mol. The lowest BCUT2D eigenvalue weighted by Gasteiger charge is -2.12. The maximum atomic E-state index is 10.8. The highest BCUT2D eigenvalue weighted by Crippen LogP contribution is 2.40. The van der Waals surface area contributed by atoms with E-state index in [1.807, 2.05) is 13.0 Å². The molecule has 0 radical (unpaired) electrons. The maximum absolute atomic E-state index is 10.8. The molecular formula is C15H14O4S. The highest BCUT2D eigenvalue weighted by Gasteiger charge is 2.25. The van der Waals surface area contributed by atoms with Gasteiger partial charge in [-0.25, -0.2) is 0 Å². The lowest BCUT2D eigenvalue weighted by atomic mass is 10.0. The van der Waals surface area contributed by atoms with E-state index in [2.05, 4.69) is 0 Å². The van der Waals surface area contributed by atoms with Crippen LogP contribution in [0.5, 0.6) is 5.75 Å². The third-order valence-corrected chi connectivity index (χ3v) is 4.47. The Morgan fingerprint density at radius 2 is 2.25 bits per heavy atom. The fourth-order valence-corrected chi connectivity index (χ4v) is 3.49. The number of hydrogen-bond acceptors (Lipinski definition) is 4. The van der Waals surface area contributed by atoms with Crippen LogP contribution in [0.2, 0.25) is 0 Å². The van der Waals surface area contributed by atoms with Gasteiger partial charge in [-0.3, -0.25) is 4.79 Å². The number of ether oxygens (including phenoxy) is 1. The number of aryl methyl sites for hydroxylation is 1. The van der Waals surface area contributed by atoms with Gasteiger partial charge in [-0.2, -0.15) is 0 Å². The number of thiophene rings is 1. The zero-order valence-corrected chi connectivity index (χ0v) is 11.7. The molecule has 104 valence electrons. The molecular weight excluding hydrogens is 276 g/mol. The van der Waals surface area contributed by atoms with Crippen molar-refractivity contribution in [3.63, 3.8) is 0 Å². The van der Waals surface area contributed by atoms with Crippen LogP contribution in [-0.4, -0.2) is 16.2 Å². The van der Waals surface area contributed by atoms with Crippen LogP contribution in [0, 0.1) is 6.92 Å². The molecule has 1 atom stereocenters. The first-order chi connectivity index (χ1) is 9.54. The number of hydrogen-bond donors (Lipinski definition) is 2. The van der Waals surface area contributed by atoms with Gasteiger partial charge in [0.05, 0.1) is 6.42 Å². The lowest BCUT2D eigenvalue weighted by Crippen LogP contribution is -2.03. The Morgan fingerprint density at radius 3 is 3.00 bits per heavy atom.